The van der Waals surface area contributed by atoms with E-state index in [1.54, 1.807) is 24.3 Å². The molecule has 0 aliphatic carbocycles. The van der Waals surface area contributed by atoms with Gasteiger partial charge in [-0.1, -0.05) is 36.4 Å². The first-order valence-corrected chi connectivity index (χ1v) is 12.3. The Morgan fingerprint density at radius 3 is 1.62 bits per heavy atom. The van der Waals surface area contributed by atoms with Gasteiger partial charge in [-0.2, -0.15) is 0 Å². The number of ketones is 1. The van der Waals surface area contributed by atoms with Gasteiger partial charge in [0.05, 0.1) is 9.85 Å². The number of nitrogens with two attached hydrogens (primary N) is 1. The molecule has 0 amide bonds. The van der Waals surface area contributed by atoms with Crippen molar-refractivity contribution in [1.29, 1.82) is 0 Å². The zero-order valence-corrected chi connectivity index (χ0v) is 22.5. The predicted molar refractivity (Wildman–Crippen MR) is 158 cm³/mol. The fraction of sp³-hybridized carbons (Fsp3) is 0.0370. The Labute approximate surface area is 245 Å². The van der Waals surface area contributed by atoms with Crippen LogP contribution in [0.4, 0.5) is 17.1 Å². The number of benzene rings is 4. The molecule has 0 aliphatic heterocycles. The summed E-state index contributed by atoms with van der Waals surface area (Å²) >= 11 is 5.17. The maximum absolute atomic E-state index is 12.1. The van der Waals surface area contributed by atoms with Gasteiger partial charge >= 0.3 is 75.9 Å². The van der Waals surface area contributed by atoms with Crippen LogP contribution in [0.2, 0.25) is 0 Å². The number of carbonyl (C=O) groups excluding carboxylic acids is 2. The van der Waals surface area contributed by atoms with E-state index in [4.69, 9.17) is 27.4 Å². The van der Waals surface area contributed by atoms with Crippen LogP contribution in [0.3, 0.4) is 0 Å². The zero-order chi connectivity index (χ0) is 31.2. The number of non-ortho nitro benzene ring substituents is 2. The number of nitrogen functional groups attached to an aromatic ring is 1. The summed E-state index contributed by atoms with van der Waals surface area (Å²) in [5, 5.41) is 38.1. The Morgan fingerprint density at radius 1 is 0.762 bits per heavy atom. The van der Waals surface area contributed by atoms with Crippen LogP contribution < -0.4 is 16.7 Å². The number of nitrogens with zero attached hydrogens (tertiary/aromatic N) is 2. The minimum atomic E-state index is -1.57. The second kappa shape index (κ2) is 16.3. The van der Waals surface area contributed by atoms with Crippen LogP contribution in [-0.4, -0.2) is 45.2 Å². The van der Waals surface area contributed by atoms with Crippen LogP contribution in [0.1, 0.15) is 26.3 Å². The van der Waals surface area contributed by atoms with Gasteiger partial charge < -0.3 is 15.8 Å². The van der Waals surface area contributed by atoms with Crippen LogP contribution in [0, 0.1) is 20.2 Å². The number of carbonyl (C=O) groups is 2. The molecule has 0 unspecified atom stereocenters. The smallest absolute Gasteiger partial charge is 0.423 e. The molecule has 0 spiro atoms. The molecule has 12 nitrogen and oxygen atoms in total. The van der Waals surface area contributed by atoms with Crippen LogP contribution >= 0.6 is 11.6 Å². The number of rotatable bonds is 8. The van der Waals surface area contributed by atoms with Crippen molar-refractivity contribution < 1.29 is 34.2 Å². The Hall–Kier alpha value is -5.04. The van der Waals surface area contributed by atoms with Gasteiger partial charge in [0.25, 0.3) is 11.4 Å². The molecule has 0 bridgehead atoms. The first kappa shape index (κ1) is 33.2. The number of Topliss-reactive ketones (excluding diaryl/α,β-unsaturated/α-hetero) is 1. The third-order valence-electron chi connectivity index (χ3n) is 5.42. The minimum absolute atomic E-state index is 0.0208. The molecule has 0 aromatic heterocycles. The Bertz CT molecular complexity index is 1530. The van der Waals surface area contributed by atoms with Crippen molar-refractivity contribution in [2.45, 2.75) is 6.42 Å². The fourth-order valence-corrected chi connectivity index (χ4v) is 3.28. The summed E-state index contributed by atoms with van der Waals surface area (Å²) in [6.45, 7) is 0. The number of hydrogen-bond acceptors (Lipinski definition) is 10. The van der Waals surface area contributed by atoms with Crippen LogP contribution in [0.15, 0.2) is 97.1 Å². The first-order valence-electron chi connectivity index (χ1n) is 11.9. The molecule has 0 heterocycles. The fourth-order valence-electron chi connectivity index (χ4n) is 3.15. The summed E-state index contributed by atoms with van der Waals surface area (Å²) in [5.41, 5.74) is 8.24. The van der Waals surface area contributed by atoms with E-state index in [1.165, 1.54) is 72.8 Å². The summed E-state index contributed by atoms with van der Waals surface area (Å²) < 4.78 is 10.2. The average Bonchev–Trinajstić information content (AvgIpc) is 2.98. The molecule has 0 radical (unpaired) electrons. The molecular formula is C27H22B2ClN3O9. The Kier molecular flexibility index (Phi) is 12.9. The molecule has 4 aromatic rings. The van der Waals surface area contributed by atoms with Crippen LogP contribution in [0.5, 0.6) is 0 Å². The van der Waals surface area contributed by atoms with Crippen molar-refractivity contribution in [3.05, 3.63) is 134 Å². The van der Waals surface area contributed by atoms with E-state index in [0.717, 1.165) is 0 Å². The molecule has 4 aromatic carbocycles. The summed E-state index contributed by atoms with van der Waals surface area (Å²) in [7, 11) is -0.855. The van der Waals surface area contributed by atoms with Crippen molar-refractivity contribution in [3.8, 4) is 0 Å². The van der Waals surface area contributed by atoms with Crippen molar-refractivity contribution in [1.82, 2.24) is 0 Å². The molecule has 0 aliphatic rings. The van der Waals surface area contributed by atoms with Crippen molar-refractivity contribution in [2.24, 2.45) is 0 Å². The monoisotopic (exact) mass is 589 g/mol. The molecule has 4 rings (SSSR count). The van der Waals surface area contributed by atoms with E-state index >= 15 is 0 Å². The third-order valence-corrected chi connectivity index (χ3v) is 5.64. The number of hydrogen-bond donors (Lipinski definition) is 3. The number of nitro benzene ring substituents is 2. The molecule has 0 atom stereocenters. The van der Waals surface area contributed by atoms with E-state index in [0.29, 0.717) is 40.5 Å². The van der Waals surface area contributed by atoms with Crippen molar-refractivity contribution in [2.75, 3.05) is 5.73 Å². The topological polar surface area (TPSA) is 204 Å². The second-order valence-corrected chi connectivity index (χ2v) is 8.72. The average molecular weight is 590 g/mol. The maximum Gasteiger partial charge on any atom is 0.488 e. The van der Waals surface area contributed by atoms with Gasteiger partial charge in [-0.05, 0) is 23.2 Å². The summed E-state index contributed by atoms with van der Waals surface area (Å²) in [4.78, 5) is 42.2. The standard InChI is InChI=1S/C14H12BNO5.C7H4BClO2.C6H6N2O2/c17-14(11-3-5-12(6-4-11)15(18)19)9-10-1-7-13(8-2-10)16(20)21;9-7(10)5-1-3-6(8-11)4-2-5;7-5-1-3-6(4-2-5)8(9)10/h1-8,18-19H,9H2;1-4H;1-4H,7H2. The first-order chi connectivity index (χ1) is 19.9. The maximum atomic E-state index is 12.1. The minimum Gasteiger partial charge on any atom is -0.423 e. The van der Waals surface area contributed by atoms with Gasteiger partial charge in [-0.3, -0.25) is 25.0 Å². The number of halogens is 1. The van der Waals surface area contributed by atoms with Gasteiger partial charge in [0.15, 0.2) is 5.78 Å². The Morgan fingerprint density at radius 2 is 1.21 bits per heavy atom. The van der Waals surface area contributed by atoms with Crippen molar-refractivity contribution in [3.63, 3.8) is 0 Å². The van der Waals surface area contributed by atoms with Gasteiger partial charge in [-0.15, -0.1) is 0 Å². The summed E-state index contributed by atoms with van der Waals surface area (Å²) in [6, 6.07) is 23.6. The number of anilines is 1. The quantitative estimate of drug-likeness (QED) is 0.0684. The normalized spacial score (nSPS) is 9.60. The van der Waals surface area contributed by atoms with Gasteiger partial charge in [0.1, 0.15) is 0 Å². The molecule has 0 fully saturated rings. The molecule has 0 saturated heterocycles. The van der Waals surface area contributed by atoms with E-state index in [1.807, 2.05) is 0 Å². The van der Waals surface area contributed by atoms with Crippen LogP contribution in [-0.2, 0) is 11.1 Å². The van der Waals surface area contributed by atoms with Crippen molar-refractivity contribution >= 4 is 64.9 Å². The van der Waals surface area contributed by atoms with Gasteiger partial charge in [-0.25, -0.2) is 0 Å². The summed E-state index contributed by atoms with van der Waals surface area (Å²) in [5.74, 6) is -0.150. The SMILES string of the molecule is Nc1ccc([N+](=O)[O-])cc1.O=Bc1ccc(C(=O)Cl)cc1.O=C(Cc1ccc([N+](=O)[O-])cc1)c1ccc(B(O)O)cc1. The van der Waals surface area contributed by atoms with E-state index in [9.17, 15) is 34.5 Å². The second-order valence-electron chi connectivity index (χ2n) is 8.38. The zero-order valence-electron chi connectivity index (χ0n) is 21.7. The molecule has 15 heteroatoms. The molecule has 42 heavy (non-hydrogen) atoms. The van der Waals surface area contributed by atoms with Gasteiger partial charge in [0.2, 0.25) is 0 Å². The van der Waals surface area contributed by atoms with E-state index < -0.39 is 22.2 Å². The molecule has 4 N–H and O–H groups in total. The van der Waals surface area contributed by atoms with E-state index in [-0.39, 0.29) is 23.6 Å². The Balaban J connectivity index is 0.000000246. The largest absolute Gasteiger partial charge is 0.488 e. The van der Waals surface area contributed by atoms with Crippen LogP contribution in [0.25, 0.3) is 0 Å². The predicted octanol–water partition coefficient (Wildman–Crippen LogP) is 2.62. The molecule has 212 valence electrons. The van der Waals surface area contributed by atoms with Gasteiger partial charge in [0, 0.05) is 41.9 Å². The third kappa shape index (κ3) is 10.8. The molecular weight excluding hydrogens is 567 g/mol. The molecule has 0 saturated carbocycles. The summed E-state index contributed by atoms with van der Waals surface area (Å²) in [6.07, 6.45) is 0.124. The number of nitro groups is 2. The van der Waals surface area contributed by atoms with E-state index in [2.05, 4.69) is 0 Å².